The number of fused-ring (bicyclic) bond motifs is 3. The van der Waals surface area contributed by atoms with Crippen LogP contribution in [0.15, 0.2) is 24.4 Å². The van der Waals surface area contributed by atoms with E-state index >= 15 is 0 Å². The van der Waals surface area contributed by atoms with Crippen molar-refractivity contribution in [3.8, 4) is 5.75 Å². The standard InChI is InChI=1S/C24H30N8O2/c1-15-18(13-31(28-15)14-24(33)9-5-10-24)30-11-4-6-16(12-30)21-27-22-17-7-3-8-19(34-2)20(17)26-23(25)32(22)29-21/h3,7-8,13,16,33H,4-6,9-12,14H2,1-2H3,(H2,25,26)/t16-/m1/s1. The van der Waals surface area contributed by atoms with Gasteiger partial charge in [-0.15, -0.1) is 5.10 Å². The Bertz CT molecular complexity index is 1370. The maximum atomic E-state index is 10.5. The van der Waals surface area contributed by atoms with Gasteiger partial charge >= 0.3 is 0 Å². The Morgan fingerprint density at radius 3 is 2.82 bits per heavy atom. The van der Waals surface area contributed by atoms with E-state index in [0.29, 0.717) is 29.4 Å². The van der Waals surface area contributed by atoms with Crippen LogP contribution >= 0.6 is 0 Å². The van der Waals surface area contributed by atoms with Gasteiger partial charge in [0.05, 0.1) is 30.6 Å². The fourth-order valence-electron chi connectivity index (χ4n) is 5.33. The summed E-state index contributed by atoms with van der Waals surface area (Å²) in [5.41, 5.74) is 9.14. The van der Waals surface area contributed by atoms with E-state index < -0.39 is 5.60 Å². The number of aromatic nitrogens is 6. The van der Waals surface area contributed by atoms with E-state index in [0.717, 1.165) is 67.8 Å². The second-order valence-corrected chi connectivity index (χ2v) is 9.69. The molecule has 10 heteroatoms. The third-order valence-corrected chi connectivity index (χ3v) is 7.31. The highest BCUT2D eigenvalue weighted by Crippen LogP contribution is 2.35. The van der Waals surface area contributed by atoms with Gasteiger partial charge in [-0.1, -0.05) is 6.07 Å². The van der Waals surface area contributed by atoms with Crippen molar-refractivity contribution in [1.82, 2.24) is 29.4 Å². The van der Waals surface area contributed by atoms with Crippen molar-refractivity contribution in [2.75, 3.05) is 30.8 Å². The van der Waals surface area contributed by atoms with Crippen LogP contribution in [0.25, 0.3) is 16.6 Å². The van der Waals surface area contributed by atoms with Crippen molar-refractivity contribution >= 4 is 28.2 Å². The van der Waals surface area contributed by atoms with Gasteiger partial charge in [-0.2, -0.15) is 9.61 Å². The number of aliphatic hydroxyl groups is 1. The summed E-state index contributed by atoms with van der Waals surface area (Å²) in [4.78, 5) is 11.8. The average Bonchev–Trinajstić information content (AvgIpc) is 3.42. The topological polar surface area (TPSA) is 120 Å². The number of hydrogen-bond donors (Lipinski definition) is 2. The van der Waals surface area contributed by atoms with E-state index in [-0.39, 0.29) is 5.92 Å². The van der Waals surface area contributed by atoms with Crippen molar-refractivity contribution in [2.45, 2.75) is 57.1 Å². The highest BCUT2D eigenvalue weighted by atomic mass is 16.5. The lowest BCUT2D eigenvalue weighted by Gasteiger charge is -2.36. The monoisotopic (exact) mass is 462 g/mol. The quantitative estimate of drug-likeness (QED) is 0.465. The van der Waals surface area contributed by atoms with Crippen LogP contribution in [-0.4, -0.2) is 60.3 Å². The minimum atomic E-state index is -0.597. The number of hydrogen-bond acceptors (Lipinski definition) is 8. The van der Waals surface area contributed by atoms with E-state index in [1.807, 2.05) is 29.8 Å². The maximum absolute atomic E-state index is 10.5. The summed E-state index contributed by atoms with van der Waals surface area (Å²) in [7, 11) is 1.62. The molecule has 1 atom stereocenters. The molecule has 10 nitrogen and oxygen atoms in total. The molecule has 1 aliphatic heterocycles. The van der Waals surface area contributed by atoms with Crippen molar-refractivity contribution in [2.24, 2.45) is 0 Å². The molecule has 0 amide bonds. The third kappa shape index (κ3) is 3.44. The molecule has 1 saturated heterocycles. The molecule has 34 heavy (non-hydrogen) atoms. The molecule has 2 fully saturated rings. The van der Waals surface area contributed by atoms with Gasteiger partial charge in [0.1, 0.15) is 11.3 Å². The number of methoxy groups -OCH3 is 1. The molecule has 0 bridgehead atoms. The predicted molar refractivity (Wildman–Crippen MR) is 129 cm³/mol. The van der Waals surface area contributed by atoms with Gasteiger partial charge in [-0.3, -0.25) is 4.68 Å². The van der Waals surface area contributed by atoms with Gasteiger partial charge in [0.25, 0.3) is 0 Å². The summed E-state index contributed by atoms with van der Waals surface area (Å²) in [6, 6.07) is 5.77. The summed E-state index contributed by atoms with van der Waals surface area (Å²) in [5, 5.41) is 20.9. The molecule has 0 unspecified atom stereocenters. The highest BCUT2D eigenvalue weighted by Gasteiger charge is 2.35. The molecule has 0 spiro atoms. The molecular formula is C24H30N8O2. The Morgan fingerprint density at radius 1 is 1.21 bits per heavy atom. The van der Waals surface area contributed by atoms with E-state index in [1.54, 1.807) is 11.6 Å². The zero-order chi connectivity index (χ0) is 23.4. The first kappa shape index (κ1) is 21.2. The number of benzene rings is 1. The first-order valence-corrected chi connectivity index (χ1v) is 11.9. The normalized spacial score (nSPS) is 20.1. The lowest BCUT2D eigenvalue weighted by molar-refractivity contribution is -0.0498. The average molecular weight is 463 g/mol. The number of rotatable bonds is 5. The second kappa shape index (κ2) is 7.83. The maximum Gasteiger partial charge on any atom is 0.223 e. The molecule has 1 saturated carbocycles. The third-order valence-electron chi connectivity index (χ3n) is 7.31. The van der Waals surface area contributed by atoms with Crippen LogP contribution in [-0.2, 0) is 6.54 Å². The molecule has 2 aliphatic rings. The molecule has 3 N–H and O–H groups in total. The summed E-state index contributed by atoms with van der Waals surface area (Å²) >= 11 is 0. The summed E-state index contributed by atoms with van der Waals surface area (Å²) in [6.07, 6.45) is 6.92. The van der Waals surface area contributed by atoms with E-state index in [9.17, 15) is 5.11 Å². The fraction of sp³-hybridized carbons (Fsp3) is 0.500. The number of nitrogens with two attached hydrogens (primary N) is 1. The molecule has 6 rings (SSSR count). The molecule has 3 aromatic heterocycles. The van der Waals surface area contributed by atoms with Crippen molar-refractivity contribution in [3.63, 3.8) is 0 Å². The number of aryl methyl sites for hydroxylation is 1. The lowest BCUT2D eigenvalue weighted by Crippen LogP contribution is -2.41. The van der Waals surface area contributed by atoms with Gasteiger partial charge in [-0.25, -0.2) is 9.97 Å². The summed E-state index contributed by atoms with van der Waals surface area (Å²) < 4.78 is 9.01. The zero-order valence-corrected chi connectivity index (χ0v) is 19.6. The Kier molecular flexibility index (Phi) is 4.87. The molecule has 4 heterocycles. The Balaban J connectivity index is 1.30. The molecule has 4 aromatic rings. The number of nitrogens with zero attached hydrogens (tertiary/aromatic N) is 7. The first-order chi connectivity index (χ1) is 16.4. The van der Waals surface area contributed by atoms with E-state index in [4.69, 9.17) is 25.7 Å². The minimum absolute atomic E-state index is 0.173. The molecule has 1 aromatic carbocycles. The van der Waals surface area contributed by atoms with Crippen molar-refractivity contribution < 1.29 is 9.84 Å². The Hall–Kier alpha value is -3.40. The summed E-state index contributed by atoms with van der Waals surface area (Å²) in [6.45, 7) is 4.37. The molecule has 1 aliphatic carbocycles. The van der Waals surface area contributed by atoms with E-state index in [2.05, 4.69) is 16.1 Å². The van der Waals surface area contributed by atoms with Crippen molar-refractivity contribution in [1.29, 1.82) is 0 Å². The van der Waals surface area contributed by atoms with Crippen LogP contribution in [0.2, 0.25) is 0 Å². The highest BCUT2D eigenvalue weighted by molar-refractivity contribution is 5.95. The first-order valence-electron chi connectivity index (χ1n) is 11.9. The lowest BCUT2D eigenvalue weighted by atomic mass is 9.80. The number of piperidine rings is 1. The number of anilines is 2. The van der Waals surface area contributed by atoms with Gasteiger partial charge < -0.3 is 20.5 Å². The van der Waals surface area contributed by atoms with Crippen LogP contribution in [0.5, 0.6) is 5.75 Å². The minimum Gasteiger partial charge on any atom is -0.494 e. The largest absolute Gasteiger partial charge is 0.494 e. The van der Waals surface area contributed by atoms with Gasteiger partial charge in [0, 0.05) is 30.6 Å². The van der Waals surface area contributed by atoms with Crippen LogP contribution < -0.4 is 15.4 Å². The Labute approximate surface area is 197 Å². The Morgan fingerprint density at radius 2 is 2.06 bits per heavy atom. The predicted octanol–water partition coefficient (Wildman–Crippen LogP) is 2.67. The van der Waals surface area contributed by atoms with Gasteiger partial charge in [0.2, 0.25) is 5.95 Å². The van der Waals surface area contributed by atoms with Crippen LogP contribution in [0.4, 0.5) is 11.6 Å². The summed E-state index contributed by atoms with van der Waals surface area (Å²) in [5.74, 6) is 1.92. The molecule has 0 radical (unpaired) electrons. The number of ether oxygens (including phenoxy) is 1. The SMILES string of the molecule is COc1cccc2c1nc(N)n1nc([C@@H]3CCCN(c4cn(CC5(O)CCC5)nc4C)C3)nc21. The number of para-hydroxylation sites is 1. The second-order valence-electron chi connectivity index (χ2n) is 9.69. The van der Waals surface area contributed by atoms with E-state index in [1.165, 1.54) is 0 Å². The van der Waals surface area contributed by atoms with Crippen LogP contribution in [0, 0.1) is 6.92 Å². The fourth-order valence-corrected chi connectivity index (χ4v) is 5.33. The number of nitrogen functional groups attached to an aromatic ring is 1. The smallest absolute Gasteiger partial charge is 0.223 e. The van der Waals surface area contributed by atoms with Crippen LogP contribution in [0.1, 0.15) is 49.5 Å². The van der Waals surface area contributed by atoms with Crippen molar-refractivity contribution in [3.05, 3.63) is 35.9 Å². The molecular weight excluding hydrogens is 432 g/mol. The van der Waals surface area contributed by atoms with Crippen LogP contribution in [0.3, 0.4) is 0 Å². The van der Waals surface area contributed by atoms with Gasteiger partial charge in [-0.05, 0) is 51.2 Å². The molecule has 178 valence electrons. The van der Waals surface area contributed by atoms with Gasteiger partial charge in [0.15, 0.2) is 11.5 Å². The zero-order valence-electron chi connectivity index (χ0n) is 19.6.